The Labute approximate surface area is 116 Å². The van der Waals surface area contributed by atoms with Crippen LogP contribution in [0.15, 0.2) is 24.5 Å². The lowest BCUT2D eigenvalue weighted by Gasteiger charge is -2.28. The van der Waals surface area contributed by atoms with Gasteiger partial charge in [-0.1, -0.05) is 34.6 Å². The third-order valence-electron chi connectivity index (χ3n) is 3.32. The van der Waals surface area contributed by atoms with Gasteiger partial charge in [-0.3, -0.25) is 9.78 Å². The predicted octanol–water partition coefficient (Wildman–Crippen LogP) is 3.55. The van der Waals surface area contributed by atoms with Gasteiger partial charge in [0.15, 0.2) is 0 Å². The van der Waals surface area contributed by atoms with E-state index in [9.17, 15) is 4.79 Å². The molecule has 0 aliphatic rings. The number of rotatable bonds is 5. The molecule has 1 aromatic rings. The molecule has 3 heteroatoms. The van der Waals surface area contributed by atoms with Gasteiger partial charge in [0.2, 0.25) is 5.91 Å². The van der Waals surface area contributed by atoms with Crippen LogP contribution in [-0.2, 0) is 11.3 Å². The van der Waals surface area contributed by atoms with Crippen LogP contribution in [0, 0.1) is 10.8 Å². The number of hydrogen-bond acceptors (Lipinski definition) is 2. The van der Waals surface area contributed by atoms with Gasteiger partial charge in [-0.25, -0.2) is 0 Å². The van der Waals surface area contributed by atoms with Crippen LogP contribution in [0.5, 0.6) is 0 Å². The molecule has 1 amide bonds. The molecule has 0 aliphatic heterocycles. The van der Waals surface area contributed by atoms with Gasteiger partial charge in [0, 0.05) is 24.4 Å². The molecule has 19 heavy (non-hydrogen) atoms. The maximum absolute atomic E-state index is 12.2. The summed E-state index contributed by atoms with van der Waals surface area (Å²) in [6, 6.07) is 3.84. The summed E-state index contributed by atoms with van der Waals surface area (Å²) in [5, 5.41) is 3.01. The summed E-state index contributed by atoms with van der Waals surface area (Å²) in [7, 11) is 0. The van der Waals surface area contributed by atoms with Crippen molar-refractivity contribution in [3.8, 4) is 0 Å². The first kappa shape index (κ1) is 15.7. The highest BCUT2D eigenvalue weighted by molar-refractivity contribution is 5.81. The van der Waals surface area contributed by atoms with Crippen molar-refractivity contribution in [3.63, 3.8) is 0 Å². The molecule has 0 radical (unpaired) electrons. The Morgan fingerprint density at radius 2 is 1.68 bits per heavy atom. The average molecular weight is 262 g/mol. The minimum absolute atomic E-state index is 0.119. The highest BCUT2D eigenvalue weighted by atomic mass is 16.2. The number of hydrogen-bond donors (Lipinski definition) is 1. The van der Waals surface area contributed by atoms with Crippen LogP contribution in [0.2, 0.25) is 0 Å². The van der Waals surface area contributed by atoms with Crippen molar-refractivity contribution in [1.29, 1.82) is 0 Å². The SMILES string of the molecule is CC(C)(C)CCC(C)(C)C(=O)NCc1ccncc1. The van der Waals surface area contributed by atoms with Gasteiger partial charge in [-0.05, 0) is 36.0 Å². The second kappa shape index (κ2) is 6.18. The topological polar surface area (TPSA) is 42.0 Å². The van der Waals surface area contributed by atoms with Crippen LogP contribution in [-0.4, -0.2) is 10.9 Å². The summed E-state index contributed by atoms with van der Waals surface area (Å²) in [6.45, 7) is 11.2. The largest absolute Gasteiger partial charge is 0.352 e. The van der Waals surface area contributed by atoms with Crippen LogP contribution in [0.4, 0.5) is 0 Å². The molecule has 0 atom stereocenters. The number of aromatic nitrogens is 1. The molecule has 1 heterocycles. The Hall–Kier alpha value is -1.38. The molecule has 0 fully saturated rings. The molecule has 0 aliphatic carbocycles. The minimum Gasteiger partial charge on any atom is -0.352 e. The zero-order valence-corrected chi connectivity index (χ0v) is 12.8. The first-order valence-corrected chi connectivity index (χ1v) is 6.88. The standard InChI is InChI=1S/C16H26N2O/c1-15(2,3)8-9-16(4,5)14(19)18-12-13-6-10-17-11-7-13/h6-7,10-11H,8-9,12H2,1-5H3,(H,18,19). The lowest BCUT2D eigenvalue weighted by molar-refractivity contribution is -0.130. The van der Waals surface area contributed by atoms with E-state index >= 15 is 0 Å². The highest BCUT2D eigenvalue weighted by Crippen LogP contribution is 2.30. The molecule has 1 aromatic heterocycles. The molecule has 106 valence electrons. The number of nitrogens with one attached hydrogen (secondary N) is 1. The zero-order valence-electron chi connectivity index (χ0n) is 12.8. The fourth-order valence-electron chi connectivity index (χ4n) is 1.72. The Balaban J connectivity index is 2.47. The quantitative estimate of drug-likeness (QED) is 0.881. The van der Waals surface area contributed by atoms with E-state index in [2.05, 4.69) is 31.1 Å². The molecule has 0 saturated heterocycles. The highest BCUT2D eigenvalue weighted by Gasteiger charge is 2.28. The van der Waals surface area contributed by atoms with Gasteiger partial charge >= 0.3 is 0 Å². The Kier molecular flexibility index (Phi) is 5.10. The number of carbonyl (C=O) groups is 1. The summed E-state index contributed by atoms with van der Waals surface area (Å²) in [5.41, 5.74) is 1.03. The maximum Gasteiger partial charge on any atom is 0.225 e. The fourth-order valence-corrected chi connectivity index (χ4v) is 1.72. The van der Waals surface area contributed by atoms with Crippen molar-refractivity contribution in [3.05, 3.63) is 30.1 Å². The molecule has 0 unspecified atom stereocenters. The lowest BCUT2D eigenvalue weighted by Crippen LogP contribution is -2.37. The van der Waals surface area contributed by atoms with Crippen molar-refractivity contribution in [2.75, 3.05) is 0 Å². The summed E-state index contributed by atoms with van der Waals surface area (Å²) < 4.78 is 0. The number of nitrogens with zero attached hydrogens (tertiary/aromatic N) is 1. The summed E-state index contributed by atoms with van der Waals surface area (Å²) in [5.74, 6) is 0.119. The summed E-state index contributed by atoms with van der Waals surface area (Å²) in [6.07, 6.45) is 5.43. The molecular weight excluding hydrogens is 236 g/mol. The molecule has 0 saturated carbocycles. The van der Waals surface area contributed by atoms with Crippen LogP contribution in [0.25, 0.3) is 0 Å². The molecule has 1 N–H and O–H groups in total. The fraction of sp³-hybridized carbons (Fsp3) is 0.625. The third kappa shape index (κ3) is 5.86. The van der Waals surface area contributed by atoms with Crippen molar-refractivity contribution in [2.45, 2.75) is 54.0 Å². The van der Waals surface area contributed by atoms with Gasteiger partial charge < -0.3 is 5.32 Å². The number of pyridine rings is 1. The smallest absolute Gasteiger partial charge is 0.225 e. The Bertz CT molecular complexity index is 405. The molecule has 3 nitrogen and oxygen atoms in total. The first-order valence-electron chi connectivity index (χ1n) is 6.88. The predicted molar refractivity (Wildman–Crippen MR) is 78.6 cm³/mol. The molecular formula is C16H26N2O. The zero-order chi connectivity index (χ0) is 14.5. The van der Waals surface area contributed by atoms with Crippen LogP contribution in [0.3, 0.4) is 0 Å². The normalized spacial score (nSPS) is 12.3. The molecule has 0 bridgehead atoms. The van der Waals surface area contributed by atoms with Crippen molar-refractivity contribution >= 4 is 5.91 Å². The monoisotopic (exact) mass is 262 g/mol. The van der Waals surface area contributed by atoms with Crippen LogP contribution < -0.4 is 5.32 Å². The average Bonchev–Trinajstić information content (AvgIpc) is 2.34. The van der Waals surface area contributed by atoms with Gasteiger partial charge in [0.1, 0.15) is 0 Å². The van der Waals surface area contributed by atoms with Gasteiger partial charge in [-0.2, -0.15) is 0 Å². The van der Waals surface area contributed by atoms with Crippen LogP contribution >= 0.6 is 0 Å². The molecule has 0 aromatic carbocycles. The molecule has 1 rings (SSSR count). The third-order valence-corrected chi connectivity index (χ3v) is 3.32. The molecule has 0 spiro atoms. The van der Waals surface area contributed by atoms with E-state index in [-0.39, 0.29) is 16.7 Å². The summed E-state index contributed by atoms with van der Waals surface area (Å²) >= 11 is 0. The minimum atomic E-state index is -0.319. The van der Waals surface area contributed by atoms with E-state index in [1.54, 1.807) is 12.4 Å². The lowest BCUT2D eigenvalue weighted by atomic mass is 9.79. The van der Waals surface area contributed by atoms with E-state index < -0.39 is 0 Å². The maximum atomic E-state index is 12.2. The second-order valence-corrected chi connectivity index (χ2v) is 6.98. The van der Waals surface area contributed by atoms with Crippen LogP contribution in [0.1, 0.15) is 53.0 Å². The second-order valence-electron chi connectivity index (χ2n) is 6.98. The van der Waals surface area contributed by atoms with E-state index in [4.69, 9.17) is 0 Å². The van der Waals surface area contributed by atoms with Gasteiger partial charge in [0.05, 0.1) is 0 Å². The van der Waals surface area contributed by atoms with Crippen molar-refractivity contribution in [2.24, 2.45) is 10.8 Å². The van der Waals surface area contributed by atoms with Crippen molar-refractivity contribution < 1.29 is 4.79 Å². The van der Waals surface area contributed by atoms with Crippen molar-refractivity contribution in [1.82, 2.24) is 10.3 Å². The summed E-state index contributed by atoms with van der Waals surface area (Å²) in [4.78, 5) is 16.2. The Morgan fingerprint density at radius 1 is 1.11 bits per heavy atom. The van der Waals surface area contributed by atoms with E-state index in [1.165, 1.54) is 0 Å². The Morgan fingerprint density at radius 3 is 2.21 bits per heavy atom. The first-order chi connectivity index (χ1) is 8.71. The van der Waals surface area contributed by atoms with E-state index in [0.29, 0.717) is 6.54 Å². The van der Waals surface area contributed by atoms with E-state index in [1.807, 2.05) is 26.0 Å². The van der Waals surface area contributed by atoms with Gasteiger partial charge in [-0.15, -0.1) is 0 Å². The van der Waals surface area contributed by atoms with Gasteiger partial charge in [0.25, 0.3) is 0 Å². The number of carbonyl (C=O) groups excluding carboxylic acids is 1. The number of amides is 1. The van der Waals surface area contributed by atoms with E-state index in [0.717, 1.165) is 18.4 Å².